The van der Waals surface area contributed by atoms with Gasteiger partial charge in [-0.25, -0.2) is 13.1 Å². The fourth-order valence-corrected chi connectivity index (χ4v) is 3.90. The van der Waals surface area contributed by atoms with E-state index >= 15 is 0 Å². The Morgan fingerprint density at radius 1 is 1.40 bits per heavy atom. The molecule has 0 saturated heterocycles. The van der Waals surface area contributed by atoms with Gasteiger partial charge in [0.15, 0.2) is 0 Å². The Morgan fingerprint density at radius 3 is 2.75 bits per heavy atom. The smallest absolute Gasteiger partial charge is 0.241 e. The van der Waals surface area contributed by atoms with Gasteiger partial charge in [-0.05, 0) is 40.2 Å². The number of nitrogens with zero attached hydrogens (tertiary/aromatic N) is 2. The molecule has 1 aromatic carbocycles. The number of anilines is 1. The summed E-state index contributed by atoms with van der Waals surface area (Å²) in [5.41, 5.74) is 7.06. The summed E-state index contributed by atoms with van der Waals surface area (Å²) in [6.45, 7) is 0.304. The van der Waals surface area contributed by atoms with Crippen LogP contribution in [-0.2, 0) is 23.5 Å². The minimum atomic E-state index is -3.56. The fraction of sp³-hybridized carbons (Fsp3) is 0.250. The minimum Gasteiger partial charge on any atom is -0.399 e. The second kappa shape index (κ2) is 5.94. The molecule has 0 amide bonds. The van der Waals surface area contributed by atoms with Crippen LogP contribution in [0.25, 0.3) is 0 Å². The van der Waals surface area contributed by atoms with Crippen molar-refractivity contribution in [2.45, 2.75) is 11.3 Å². The number of hydrogen-bond acceptors (Lipinski definition) is 4. The van der Waals surface area contributed by atoms with Crippen LogP contribution in [0.2, 0.25) is 0 Å². The standard InChI is InChI=1S/C12H15BrN4O2S/c1-17-10(4-6-15-17)5-7-16-20(18,19)12-3-2-9(14)8-11(12)13/h2-4,6,8,16H,5,7,14H2,1H3. The number of nitrogen functional groups attached to an aromatic ring is 1. The lowest BCUT2D eigenvalue weighted by Crippen LogP contribution is -2.26. The molecule has 0 unspecified atom stereocenters. The fourth-order valence-electron chi connectivity index (χ4n) is 1.77. The molecule has 0 saturated carbocycles. The third-order valence-corrected chi connectivity index (χ3v) is 5.28. The van der Waals surface area contributed by atoms with Crippen LogP contribution < -0.4 is 10.5 Å². The third-order valence-electron chi connectivity index (χ3n) is 2.84. The molecule has 1 heterocycles. The van der Waals surface area contributed by atoms with Crippen LogP contribution in [0.4, 0.5) is 5.69 Å². The number of nitrogens with one attached hydrogen (secondary N) is 1. The quantitative estimate of drug-likeness (QED) is 0.787. The zero-order valence-corrected chi connectivity index (χ0v) is 13.3. The summed E-state index contributed by atoms with van der Waals surface area (Å²) in [5.74, 6) is 0. The van der Waals surface area contributed by atoms with Crippen molar-refractivity contribution in [3.05, 3.63) is 40.6 Å². The van der Waals surface area contributed by atoms with E-state index in [1.807, 2.05) is 13.1 Å². The van der Waals surface area contributed by atoms with E-state index in [9.17, 15) is 8.42 Å². The van der Waals surface area contributed by atoms with Crippen LogP contribution in [0, 0.1) is 0 Å². The third kappa shape index (κ3) is 3.38. The highest BCUT2D eigenvalue weighted by molar-refractivity contribution is 9.10. The number of aromatic nitrogens is 2. The van der Waals surface area contributed by atoms with E-state index in [-0.39, 0.29) is 4.90 Å². The van der Waals surface area contributed by atoms with E-state index in [1.54, 1.807) is 23.0 Å². The van der Waals surface area contributed by atoms with E-state index in [2.05, 4.69) is 25.8 Å². The Labute approximate surface area is 126 Å². The Bertz CT molecular complexity index is 712. The number of aryl methyl sites for hydroxylation is 1. The van der Waals surface area contributed by atoms with Crippen molar-refractivity contribution in [3.63, 3.8) is 0 Å². The zero-order valence-electron chi connectivity index (χ0n) is 10.9. The highest BCUT2D eigenvalue weighted by Crippen LogP contribution is 2.23. The number of rotatable bonds is 5. The monoisotopic (exact) mass is 358 g/mol. The van der Waals surface area contributed by atoms with Crippen molar-refractivity contribution in [2.75, 3.05) is 12.3 Å². The molecule has 0 aliphatic carbocycles. The lowest BCUT2D eigenvalue weighted by atomic mass is 10.3. The molecule has 0 bridgehead atoms. The molecule has 0 aliphatic rings. The molecule has 2 rings (SSSR count). The number of halogens is 1. The van der Waals surface area contributed by atoms with Gasteiger partial charge in [0.1, 0.15) is 0 Å². The topological polar surface area (TPSA) is 90.0 Å². The summed E-state index contributed by atoms with van der Waals surface area (Å²) in [7, 11) is -1.74. The van der Waals surface area contributed by atoms with E-state index < -0.39 is 10.0 Å². The van der Waals surface area contributed by atoms with Crippen LogP contribution in [0.15, 0.2) is 39.8 Å². The molecular formula is C12H15BrN4O2S. The maximum absolute atomic E-state index is 12.2. The van der Waals surface area contributed by atoms with Crippen LogP contribution in [-0.4, -0.2) is 24.7 Å². The molecule has 0 fully saturated rings. The minimum absolute atomic E-state index is 0.178. The predicted octanol–water partition coefficient (Wildman–Crippen LogP) is 1.29. The summed E-state index contributed by atoms with van der Waals surface area (Å²) in [6.07, 6.45) is 2.25. The van der Waals surface area contributed by atoms with Gasteiger partial charge in [0, 0.05) is 42.1 Å². The molecule has 20 heavy (non-hydrogen) atoms. The molecule has 8 heteroatoms. The van der Waals surface area contributed by atoms with Crippen LogP contribution in [0.5, 0.6) is 0 Å². The molecule has 3 N–H and O–H groups in total. The zero-order chi connectivity index (χ0) is 14.8. The maximum Gasteiger partial charge on any atom is 0.241 e. The summed E-state index contributed by atoms with van der Waals surface area (Å²) >= 11 is 3.21. The van der Waals surface area contributed by atoms with Gasteiger partial charge < -0.3 is 5.73 Å². The van der Waals surface area contributed by atoms with Gasteiger partial charge in [-0.1, -0.05) is 0 Å². The molecule has 2 aromatic rings. The Morgan fingerprint density at radius 2 is 2.15 bits per heavy atom. The van der Waals surface area contributed by atoms with Gasteiger partial charge in [-0.15, -0.1) is 0 Å². The summed E-state index contributed by atoms with van der Waals surface area (Å²) in [4.78, 5) is 0.178. The molecule has 0 aliphatic heterocycles. The van der Waals surface area contributed by atoms with Crippen LogP contribution >= 0.6 is 15.9 Å². The molecular weight excluding hydrogens is 344 g/mol. The average molecular weight is 359 g/mol. The Hall–Kier alpha value is -1.38. The number of benzene rings is 1. The molecule has 1 aromatic heterocycles. The molecule has 0 spiro atoms. The van der Waals surface area contributed by atoms with E-state index in [0.29, 0.717) is 23.1 Å². The number of sulfonamides is 1. The average Bonchev–Trinajstić information content (AvgIpc) is 2.74. The maximum atomic E-state index is 12.2. The molecule has 108 valence electrons. The first kappa shape index (κ1) is 15.0. The summed E-state index contributed by atoms with van der Waals surface area (Å²) in [6, 6.07) is 6.45. The molecule has 0 atom stereocenters. The lowest BCUT2D eigenvalue weighted by Gasteiger charge is -2.09. The number of hydrogen-bond donors (Lipinski definition) is 2. The number of nitrogens with two attached hydrogens (primary N) is 1. The first-order valence-corrected chi connectivity index (χ1v) is 8.19. The van der Waals surface area contributed by atoms with E-state index in [0.717, 1.165) is 5.69 Å². The van der Waals surface area contributed by atoms with Crippen molar-refractivity contribution in [1.82, 2.24) is 14.5 Å². The van der Waals surface area contributed by atoms with Gasteiger partial charge in [0.25, 0.3) is 0 Å². The van der Waals surface area contributed by atoms with Crippen LogP contribution in [0.1, 0.15) is 5.69 Å². The molecule has 6 nitrogen and oxygen atoms in total. The second-order valence-electron chi connectivity index (χ2n) is 4.28. The summed E-state index contributed by atoms with van der Waals surface area (Å²) < 4.78 is 29.1. The lowest BCUT2D eigenvalue weighted by molar-refractivity contribution is 0.579. The van der Waals surface area contributed by atoms with Crippen molar-refractivity contribution in [3.8, 4) is 0 Å². The first-order valence-electron chi connectivity index (χ1n) is 5.92. The van der Waals surface area contributed by atoms with Crippen molar-refractivity contribution < 1.29 is 8.42 Å². The summed E-state index contributed by atoms with van der Waals surface area (Å²) in [5, 5.41) is 4.03. The van der Waals surface area contributed by atoms with Gasteiger partial charge in [0.05, 0.1) is 4.90 Å². The largest absolute Gasteiger partial charge is 0.399 e. The van der Waals surface area contributed by atoms with E-state index in [4.69, 9.17) is 5.73 Å². The normalized spacial score (nSPS) is 11.7. The van der Waals surface area contributed by atoms with Crippen molar-refractivity contribution >= 4 is 31.6 Å². The van der Waals surface area contributed by atoms with Gasteiger partial charge >= 0.3 is 0 Å². The highest BCUT2D eigenvalue weighted by atomic mass is 79.9. The highest BCUT2D eigenvalue weighted by Gasteiger charge is 2.17. The first-order chi connectivity index (χ1) is 9.40. The van der Waals surface area contributed by atoms with Crippen molar-refractivity contribution in [1.29, 1.82) is 0 Å². The van der Waals surface area contributed by atoms with Crippen LogP contribution in [0.3, 0.4) is 0 Å². The Balaban J connectivity index is 2.06. The molecule has 0 radical (unpaired) electrons. The Kier molecular flexibility index (Phi) is 4.46. The van der Waals surface area contributed by atoms with Gasteiger partial charge in [-0.2, -0.15) is 5.10 Å². The van der Waals surface area contributed by atoms with E-state index in [1.165, 1.54) is 6.07 Å². The van der Waals surface area contributed by atoms with Gasteiger partial charge in [0.2, 0.25) is 10.0 Å². The SMILES string of the molecule is Cn1nccc1CCNS(=O)(=O)c1ccc(N)cc1Br. The second-order valence-corrected chi connectivity index (χ2v) is 6.87. The van der Waals surface area contributed by atoms with Gasteiger partial charge in [-0.3, -0.25) is 4.68 Å². The predicted molar refractivity (Wildman–Crippen MR) is 80.7 cm³/mol. The van der Waals surface area contributed by atoms with Crippen molar-refractivity contribution in [2.24, 2.45) is 7.05 Å².